The molecule has 1 aliphatic carbocycles. The minimum atomic E-state index is 0.742. The summed E-state index contributed by atoms with van der Waals surface area (Å²) in [5.41, 5.74) is 2.76. The summed E-state index contributed by atoms with van der Waals surface area (Å²) in [6.45, 7) is 2.24. The fourth-order valence-electron chi connectivity index (χ4n) is 1.94. The largest absolute Gasteiger partial charge is 0.382 e. The van der Waals surface area contributed by atoms with E-state index in [0.29, 0.717) is 0 Å². The molecule has 1 aromatic carbocycles. The van der Waals surface area contributed by atoms with Gasteiger partial charge in [0, 0.05) is 11.7 Å². The van der Waals surface area contributed by atoms with E-state index in [1.165, 1.54) is 49.8 Å². The van der Waals surface area contributed by atoms with Crippen LogP contribution in [-0.2, 0) is 6.42 Å². The van der Waals surface area contributed by atoms with Gasteiger partial charge in [-0.25, -0.2) is 0 Å². The Balaban J connectivity index is 1.85. The first-order valence-corrected chi connectivity index (χ1v) is 6.24. The van der Waals surface area contributed by atoms with Crippen LogP contribution in [0.1, 0.15) is 44.6 Å². The van der Waals surface area contributed by atoms with E-state index in [0.717, 1.165) is 6.04 Å². The summed E-state index contributed by atoms with van der Waals surface area (Å²) in [4.78, 5) is 0. The summed E-state index contributed by atoms with van der Waals surface area (Å²) >= 11 is 0. The van der Waals surface area contributed by atoms with Gasteiger partial charge in [-0.1, -0.05) is 25.5 Å². The quantitative estimate of drug-likeness (QED) is 0.763. The van der Waals surface area contributed by atoms with E-state index in [9.17, 15) is 0 Å². The molecule has 0 aromatic heterocycles. The average molecular weight is 203 g/mol. The van der Waals surface area contributed by atoms with Crippen molar-refractivity contribution in [1.29, 1.82) is 0 Å². The monoisotopic (exact) mass is 203 g/mol. The summed E-state index contributed by atoms with van der Waals surface area (Å²) in [6, 6.07) is 9.71. The lowest BCUT2D eigenvalue weighted by molar-refractivity contribution is 0.445. The normalized spacial score (nSPS) is 16.1. The van der Waals surface area contributed by atoms with Gasteiger partial charge in [-0.3, -0.25) is 0 Å². The first-order valence-electron chi connectivity index (χ1n) is 6.24. The van der Waals surface area contributed by atoms with E-state index in [4.69, 9.17) is 0 Å². The summed E-state index contributed by atoms with van der Waals surface area (Å²) < 4.78 is 0. The molecule has 1 nitrogen and oxygen atoms in total. The molecule has 82 valence electrons. The molecule has 0 spiro atoms. The lowest BCUT2D eigenvalue weighted by atomic mass is 9.93. The third kappa shape index (κ3) is 2.98. The Morgan fingerprint density at radius 1 is 1.20 bits per heavy atom. The molecule has 1 heteroatoms. The molecule has 0 saturated heterocycles. The number of aryl methyl sites for hydroxylation is 1. The van der Waals surface area contributed by atoms with Gasteiger partial charge >= 0.3 is 0 Å². The van der Waals surface area contributed by atoms with Gasteiger partial charge in [-0.05, 0) is 49.8 Å². The lowest BCUT2D eigenvalue weighted by Gasteiger charge is -2.27. The number of rotatable bonds is 5. The van der Waals surface area contributed by atoms with Gasteiger partial charge in [0.2, 0.25) is 0 Å². The van der Waals surface area contributed by atoms with Gasteiger partial charge < -0.3 is 5.32 Å². The van der Waals surface area contributed by atoms with Gasteiger partial charge in [0.05, 0.1) is 0 Å². The highest BCUT2D eigenvalue weighted by atomic mass is 14.9. The first-order chi connectivity index (χ1) is 7.38. The van der Waals surface area contributed by atoms with Crippen molar-refractivity contribution in [3.8, 4) is 0 Å². The smallest absolute Gasteiger partial charge is 0.0342 e. The number of benzene rings is 1. The highest BCUT2D eigenvalue weighted by Crippen LogP contribution is 2.23. The minimum Gasteiger partial charge on any atom is -0.382 e. The Morgan fingerprint density at radius 3 is 2.47 bits per heavy atom. The summed E-state index contributed by atoms with van der Waals surface area (Å²) in [5, 5.41) is 3.56. The zero-order chi connectivity index (χ0) is 10.5. The molecule has 0 aliphatic heterocycles. The van der Waals surface area contributed by atoms with Crippen molar-refractivity contribution in [1.82, 2.24) is 0 Å². The van der Waals surface area contributed by atoms with E-state index in [2.05, 4.69) is 36.5 Å². The van der Waals surface area contributed by atoms with Crippen LogP contribution in [0, 0.1) is 0 Å². The molecule has 0 heterocycles. The molecule has 0 radical (unpaired) electrons. The lowest BCUT2D eigenvalue weighted by Crippen LogP contribution is -2.26. The number of nitrogens with one attached hydrogen (secondary N) is 1. The number of hydrogen-bond acceptors (Lipinski definition) is 1. The predicted molar refractivity (Wildman–Crippen MR) is 66.3 cm³/mol. The molecule has 2 rings (SSSR count). The molecular weight excluding hydrogens is 182 g/mol. The van der Waals surface area contributed by atoms with Gasteiger partial charge in [0.25, 0.3) is 0 Å². The Bertz CT molecular complexity index is 285. The van der Waals surface area contributed by atoms with E-state index in [-0.39, 0.29) is 0 Å². The Labute approximate surface area is 92.9 Å². The predicted octanol–water partition coefficient (Wildman–Crippen LogP) is 3.99. The van der Waals surface area contributed by atoms with Crippen molar-refractivity contribution >= 4 is 5.69 Å². The fraction of sp³-hybridized carbons (Fsp3) is 0.571. The molecule has 0 unspecified atom stereocenters. The van der Waals surface area contributed by atoms with Crippen LogP contribution in [0.3, 0.4) is 0 Å². The van der Waals surface area contributed by atoms with Crippen LogP contribution in [0.4, 0.5) is 5.69 Å². The van der Waals surface area contributed by atoms with Crippen LogP contribution < -0.4 is 5.32 Å². The standard InChI is InChI=1S/C14H21N/c1-2-3-5-12-8-10-14(11-9-12)15-13-6-4-7-13/h8-11,13,15H,2-7H2,1H3. The second-order valence-corrected chi connectivity index (χ2v) is 4.57. The number of hydrogen-bond donors (Lipinski definition) is 1. The first kappa shape index (κ1) is 10.5. The second-order valence-electron chi connectivity index (χ2n) is 4.57. The highest BCUT2D eigenvalue weighted by Gasteiger charge is 2.16. The van der Waals surface area contributed by atoms with Crippen molar-refractivity contribution in [3.05, 3.63) is 29.8 Å². The molecule has 1 N–H and O–H groups in total. The number of anilines is 1. The van der Waals surface area contributed by atoms with E-state index in [1.54, 1.807) is 0 Å². The molecule has 0 atom stereocenters. The van der Waals surface area contributed by atoms with Gasteiger partial charge in [0.1, 0.15) is 0 Å². The molecule has 1 aromatic rings. The van der Waals surface area contributed by atoms with Gasteiger partial charge in [0.15, 0.2) is 0 Å². The van der Waals surface area contributed by atoms with Gasteiger partial charge in [-0.2, -0.15) is 0 Å². The fourth-order valence-corrected chi connectivity index (χ4v) is 1.94. The molecule has 1 aliphatic rings. The van der Waals surface area contributed by atoms with Crippen LogP contribution in [0.25, 0.3) is 0 Å². The maximum Gasteiger partial charge on any atom is 0.0342 e. The number of unbranched alkanes of at least 4 members (excludes halogenated alkanes) is 1. The van der Waals surface area contributed by atoms with Gasteiger partial charge in [-0.15, -0.1) is 0 Å². The third-order valence-electron chi connectivity index (χ3n) is 3.25. The van der Waals surface area contributed by atoms with Crippen molar-refractivity contribution < 1.29 is 0 Å². The molecular formula is C14H21N. The molecule has 0 amide bonds. The van der Waals surface area contributed by atoms with Crippen LogP contribution in [0.2, 0.25) is 0 Å². The molecule has 1 fully saturated rings. The van der Waals surface area contributed by atoms with E-state index in [1.807, 2.05) is 0 Å². The Hall–Kier alpha value is -0.980. The zero-order valence-electron chi connectivity index (χ0n) is 9.63. The molecule has 1 saturated carbocycles. The van der Waals surface area contributed by atoms with Crippen LogP contribution in [0.5, 0.6) is 0 Å². The SMILES string of the molecule is CCCCc1ccc(NC2CCC2)cc1. The second kappa shape index (κ2) is 5.20. The van der Waals surface area contributed by atoms with Crippen molar-refractivity contribution in [2.45, 2.75) is 51.5 Å². The Kier molecular flexibility index (Phi) is 3.65. The van der Waals surface area contributed by atoms with E-state index < -0.39 is 0 Å². The maximum absolute atomic E-state index is 3.56. The Morgan fingerprint density at radius 2 is 1.93 bits per heavy atom. The van der Waals surface area contributed by atoms with Crippen LogP contribution in [-0.4, -0.2) is 6.04 Å². The minimum absolute atomic E-state index is 0.742. The molecule has 0 bridgehead atoms. The third-order valence-corrected chi connectivity index (χ3v) is 3.25. The van der Waals surface area contributed by atoms with Crippen molar-refractivity contribution in [3.63, 3.8) is 0 Å². The van der Waals surface area contributed by atoms with Crippen LogP contribution in [0.15, 0.2) is 24.3 Å². The van der Waals surface area contributed by atoms with E-state index >= 15 is 0 Å². The van der Waals surface area contributed by atoms with Crippen molar-refractivity contribution in [2.75, 3.05) is 5.32 Å². The topological polar surface area (TPSA) is 12.0 Å². The average Bonchev–Trinajstić information content (AvgIpc) is 2.22. The maximum atomic E-state index is 3.56. The summed E-state index contributed by atoms with van der Waals surface area (Å²) in [5.74, 6) is 0. The van der Waals surface area contributed by atoms with Crippen molar-refractivity contribution in [2.24, 2.45) is 0 Å². The van der Waals surface area contributed by atoms with Crippen LogP contribution >= 0.6 is 0 Å². The summed E-state index contributed by atoms with van der Waals surface area (Å²) in [7, 11) is 0. The molecule has 15 heavy (non-hydrogen) atoms. The summed E-state index contributed by atoms with van der Waals surface area (Å²) in [6.07, 6.45) is 7.89. The highest BCUT2D eigenvalue weighted by molar-refractivity contribution is 5.45. The zero-order valence-corrected chi connectivity index (χ0v) is 9.63.